The average Bonchev–Trinajstić information content (AvgIpc) is 2.89. The quantitative estimate of drug-likeness (QED) is 0.909. The third-order valence-corrected chi connectivity index (χ3v) is 4.66. The van der Waals surface area contributed by atoms with E-state index in [9.17, 15) is 5.11 Å². The van der Waals surface area contributed by atoms with Crippen molar-refractivity contribution in [3.8, 4) is 0 Å². The van der Waals surface area contributed by atoms with E-state index < -0.39 is 0 Å². The van der Waals surface area contributed by atoms with Gasteiger partial charge in [0.15, 0.2) is 0 Å². The molecule has 108 valence electrons. The Bertz CT molecular complexity index is 600. The monoisotopic (exact) mass is 292 g/mol. The lowest BCUT2D eigenvalue weighted by atomic mass is 9.96. The smallest absolute Gasteiger partial charge is 0.226 e. The summed E-state index contributed by atoms with van der Waals surface area (Å²) >= 11 is 1.63. The van der Waals surface area contributed by atoms with Gasteiger partial charge in [-0.3, -0.25) is 0 Å². The first-order chi connectivity index (χ1) is 9.69. The predicted molar refractivity (Wildman–Crippen MR) is 83.6 cm³/mol. The molecule has 5 nitrogen and oxygen atoms in total. The van der Waals surface area contributed by atoms with Crippen molar-refractivity contribution in [2.45, 2.75) is 26.4 Å². The lowest BCUT2D eigenvalue weighted by Gasteiger charge is -2.35. The summed E-state index contributed by atoms with van der Waals surface area (Å²) < 4.78 is 0. The van der Waals surface area contributed by atoms with E-state index >= 15 is 0 Å². The van der Waals surface area contributed by atoms with Gasteiger partial charge in [0.05, 0.1) is 11.5 Å². The summed E-state index contributed by atoms with van der Waals surface area (Å²) in [6, 6.07) is 2.06. The Morgan fingerprint density at radius 1 is 1.50 bits per heavy atom. The summed E-state index contributed by atoms with van der Waals surface area (Å²) in [7, 11) is 0. The highest BCUT2D eigenvalue weighted by atomic mass is 32.1. The molecule has 1 saturated heterocycles. The molecule has 1 aliphatic rings. The summed E-state index contributed by atoms with van der Waals surface area (Å²) in [5.41, 5.74) is 0. The lowest BCUT2D eigenvalue weighted by Crippen LogP contribution is -2.43. The summed E-state index contributed by atoms with van der Waals surface area (Å²) in [6.45, 7) is 6.52. The fourth-order valence-corrected chi connectivity index (χ4v) is 3.32. The zero-order chi connectivity index (χ0) is 14.1. The SMILES string of the molecule is CCNc1nc(N2CCC(C)C(O)C2)c2ccsc2n1. The fraction of sp³-hybridized carbons (Fsp3) is 0.571. The number of nitrogens with zero attached hydrogens (tertiary/aromatic N) is 3. The van der Waals surface area contributed by atoms with Crippen LogP contribution in [0.1, 0.15) is 20.3 Å². The van der Waals surface area contributed by atoms with Crippen LogP contribution in [0.25, 0.3) is 10.2 Å². The van der Waals surface area contributed by atoms with E-state index in [0.717, 1.165) is 35.5 Å². The molecule has 2 aromatic heterocycles. The van der Waals surface area contributed by atoms with Gasteiger partial charge in [-0.2, -0.15) is 4.98 Å². The van der Waals surface area contributed by atoms with E-state index in [1.807, 2.05) is 12.3 Å². The van der Waals surface area contributed by atoms with Gasteiger partial charge in [0.25, 0.3) is 0 Å². The molecule has 0 amide bonds. The molecule has 6 heteroatoms. The van der Waals surface area contributed by atoms with Gasteiger partial charge in [0, 0.05) is 19.6 Å². The Morgan fingerprint density at radius 2 is 2.35 bits per heavy atom. The predicted octanol–water partition coefficient (Wildman–Crippen LogP) is 2.33. The molecule has 3 rings (SSSR count). The van der Waals surface area contributed by atoms with Crippen molar-refractivity contribution in [1.29, 1.82) is 0 Å². The Balaban J connectivity index is 1.98. The van der Waals surface area contributed by atoms with Crippen LogP contribution in [0.2, 0.25) is 0 Å². The molecule has 3 heterocycles. The van der Waals surface area contributed by atoms with Crippen LogP contribution in [0.15, 0.2) is 11.4 Å². The first-order valence-electron chi connectivity index (χ1n) is 7.11. The van der Waals surface area contributed by atoms with E-state index in [4.69, 9.17) is 0 Å². The molecule has 2 atom stereocenters. The highest BCUT2D eigenvalue weighted by Crippen LogP contribution is 2.31. The fourth-order valence-electron chi connectivity index (χ4n) is 2.56. The van der Waals surface area contributed by atoms with Crippen LogP contribution in [0.5, 0.6) is 0 Å². The molecular weight excluding hydrogens is 272 g/mol. The van der Waals surface area contributed by atoms with Gasteiger partial charge < -0.3 is 15.3 Å². The number of piperidine rings is 1. The molecule has 0 radical (unpaired) electrons. The van der Waals surface area contributed by atoms with E-state index in [2.05, 4.69) is 33.2 Å². The zero-order valence-electron chi connectivity index (χ0n) is 11.8. The first-order valence-corrected chi connectivity index (χ1v) is 7.99. The minimum atomic E-state index is -0.282. The van der Waals surface area contributed by atoms with Crippen molar-refractivity contribution in [2.75, 3.05) is 29.9 Å². The van der Waals surface area contributed by atoms with Crippen LogP contribution in [0.4, 0.5) is 11.8 Å². The van der Waals surface area contributed by atoms with Gasteiger partial charge in [-0.15, -0.1) is 11.3 Å². The van der Waals surface area contributed by atoms with Crippen molar-refractivity contribution in [1.82, 2.24) is 9.97 Å². The molecule has 0 aromatic carbocycles. The number of anilines is 2. The highest BCUT2D eigenvalue weighted by molar-refractivity contribution is 7.16. The van der Waals surface area contributed by atoms with Gasteiger partial charge in [0.1, 0.15) is 10.6 Å². The van der Waals surface area contributed by atoms with Crippen LogP contribution in [-0.4, -0.2) is 40.8 Å². The standard InChI is InChI=1S/C14H20N4OS/c1-3-15-14-16-12(10-5-7-20-13(10)17-14)18-6-4-9(2)11(19)8-18/h5,7,9,11,19H,3-4,6,8H2,1-2H3,(H,15,16,17). The zero-order valence-corrected chi connectivity index (χ0v) is 12.7. The molecule has 0 spiro atoms. The minimum Gasteiger partial charge on any atom is -0.391 e. The van der Waals surface area contributed by atoms with Gasteiger partial charge in [0.2, 0.25) is 5.95 Å². The van der Waals surface area contributed by atoms with E-state index in [0.29, 0.717) is 18.4 Å². The number of hydrogen-bond acceptors (Lipinski definition) is 6. The number of aliphatic hydroxyl groups is 1. The van der Waals surface area contributed by atoms with Crippen LogP contribution in [0.3, 0.4) is 0 Å². The third-order valence-electron chi connectivity index (χ3n) is 3.86. The molecular formula is C14H20N4OS. The lowest BCUT2D eigenvalue weighted by molar-refractivity contribution is 0.103. The van der Waals surface area contributed by atoms with Crippen LogP contribution in [0, 0.1) is 5.92 Å². The third kappa shape index (κ3) is 2.45. The number of thiophene rings is 1. The molecule has 1 aliphatic heterocycles. The largest absolute Gasteiger partial charge is 0.391 e. The average molecular weight is 292 g/mol. The number of aliphatic hydroxyl groups excluding tert-OH is 1. The second kappa shape index (κ2) is 5.54. The Morgan fingerprint density at radius 3 is 3.10 bits per heavy atom. The summed E-state index contributed by atoms with van der Waals surface area (Å²) in [5, 5.41) is 16.4. The number of rotatable bonds is 3. The van der Waals surface area contributed by atoms with Gasteiger partial charge in [-0.1, -0.05) is 6.92 Å². The maximum atomic E-state index is 10.1. The summed E-state index contributed by atoms with van der Waals surface area (Å²) in [6.07, 6.45) is 0.711. The molecule has 0 saturated carbocycles. The molecule has 0 aliphatic carbocycles. The molecule has 2 unspecified atom stereocenters. The normalized spacial score (nSPS) is 23.2. The Labute approximate surface area is 122 Å². The molecule has 1 fully saturated rings. The van der Waals surface area contributed by atoms with Crippen molar-refractivity contribution >= 4 is 33.3 Å². The number of nitrogens with one attached hydrogen (secondary N) is 1. The number of aromatic nitrogens is 2. The molecule has 20 heavy (non-hydrogen) atoms. The van der Waals surface area contributed by atoms with Crippen molar-refractivity contribution < 1.29 is 5.11 Å². The van der Waals surface area contributed by atoms with Gasteiger partial charge in [-0.25, -0.2) is 4.98 Å². The second-order valence-electron chi connectivity index (χ2n) is 5.32. The number of fused-ring (bicyclic) bond motifs is 1. The van der Waals surface area contributed by atoms with E-state index in [-0.39, 0.29) is 6.10 Å². The van der Waals surface area contributed by atoms with Crippen molar-refractivity contribution in [2.24, 2.45) is 5.92 Å². The summed E-state index contributed by atoms with van der Waals surface area (Å²) in [4.78, 5) is 12.3. The van der Waals surface area contributed by atoms with Crippen molar-refractivity contribution in [3.05, 3.63) is 11.4 Å². The first kappa shape index (κ1) is 13.6. The second-order valence-corrected chi connectivity index (χ2v) is 6.21. The van der Waals surface area contributed by atoms with Crippen molar-refractivity contribution in [3.63, 3.8) is 0 Å². The minimum absolute atomic E-state index is 0.282. The molecule has 0 bridgehead atoms. The van der Waals surface area contributed by atoms with Gasteiger partial charge in [-0.05, 0) is 30.7 Å². The maximum absolute atomic E-state index is 10.1. The van der Waals surface area contributed by atoms with E-state index in [1.165, 1.54) is 0 Å². The Kier molecular flexibility index (Phi) is 3.76. The van der Waals surface area contributed by atoms with E-state index in [1.54, 1.807) is 11.3 Å². The Hall–Kier alpha value is -1.40. The maximum Gasteiger partial charge on any atom is 0.226 e. The van der Waals surface area contributed by atoms with Crippen LogP contribution >= 0.6 is 11.3 Å². The van der Waals surface area contributed by atoms with Crippen LogP contribution < -0.4 is 10.2 Å². The topological polar surface area (TPSA) is 61.3 Å². The van der Waals surface area contributed by atoms with Gasteiger partial charge >= 0.3 is 0 Å². The highest BCUT2D eigenvalue weighted by Gasteiger charge is 2.26. The van der Waals surface area contributed by atoms with Crippen LogP contribution in [-0.2, 0) is 0 Å². The molecule has 2 aromatic rings. The number of β-amino-alcohol motifs (C(OH)–C–C–N with tert-alkyl or cyclic N) is 1. The molecule has 2 N–H and O–H groups in total. The number of hydrogen-bond donors (Lipinski definition) is 2. The summed E-state index contributed by atoms with van der Waals surface area (Å²) in [5.74, 6) is 1.98.